The Morgan fingerprint density at radius 2 is 1.00 bits per heavy atom. The van der Waals surface area contributed by atoms with E-state index >= 15 is 0 Å². The van der Waals surface area contributed by atoms with Crippen LogP contribution in [0.4, 0.5) is 11.4 Å². The van der Waals surface area contributed by atoms with Gasteiger partial charge in [0.05, 0.1) is 0 Å². The third-order valence-corrected chi connectivity index (χ3v) is 6.20. The van der Waals surface area contributed by atoms with Crippen LogP contribution in [0.15, 0.2) is 59.7 Å². The van der Waals surface area contributed by atoms with Crippen molar-refractivity contribution in [3.63, 3.8) is 0 Å². The minimum absolute atomic E-state index is 0.201. The number of nitrogens with zero attached hydrogens (tertiary/aromatic N) is 2. The largest absolute Gasteiger partial charge is 0.372 e. The van der Waals surface area contributed by atoms with Crippen LogP contribution in [0.5, 0.6) is 0 Å². The predicted molar refractivity (Wildman–Crippen MR) is 135 cm³/mol. The van der Waals surface area contributed by atoms with E-state index in [4.69, 9.17) is 0 Å². The second-order valence-corrected chi connectivity index (χ2v) is 8.05. The third-order valence-electron chi connectivity index (χ3n) is 6.20. The van der Waals surface area contributed by atoms with E-state index in [1.807, 2.05) is 0 Å². The van der Waals surface area contributed by atoms with Crippen molar-refractivity contribution >= 4 is 29.3 Å². The van der Waals surface area contributed by atoms with Gasteiger partial charge in [-0.1, -0.05) is 24.3 Å². The fourth-order valence-electron chi connectivity index (χ4n) is 4.32. The molecule has 0 N–H and O–H groups in total. The number of carbonyl (C=O) groups is 1. The van der Waals surface area contributed by atoms with Gasteiger partial charge < -0.3 is 9.80 Å². The molecule has 0 spiro atoms. The van der Waals surface area contributed by atoms with Crippen molar-refractivity contribution in [3.05, 3.63) is 70.8 Å². The van der Waals surface area contributed by atoms with Crippen molar-refractivity contribution in [1.29, 1.82) is 0 Å². The lowest BCUT2D eigenvalue weighted by atomic mass is 9.87. The Kier molecular flexibility index (Phi) is 8.11. The zero-order valence-electron chi connectivity index (χ0n) is 19.5. The molecule has 0 aromatic heterocycles. The molecular weight excluding hydrogens is 380 g/mol. The van der Waals surface area contributed by atoms with E-state index in [1.165, 1.54) is 11.4 Å². The molecule has 1 aliphatic rings. The Morgan fingerprint density at radius 3 is 1.32 bits per heavy atom. The monoisotopic (exact) mass is 416 g/mol. The highest BCUT2D eigenvalue weighted by atomic mass is 16.1. The van der Waals surface area contributed by atoms with Gasteiger partial charge in [-0.25, -0.2) is 0 Å². The van der Waals surface area contributed by atoms with Crippen molar-refractivity contribution in [2.24, 2.45) is 0 Å². The summed E-state index contributed by atoms with van der Waals surface area (Å²) in [5, 5.41) is 0. The van der Waals surface area contributed by atoms with Crippen molar-refractivity contribution in [1.82, 2.24) is 0 Å². The quantitative estimate of drug-likeness (QED) is 0.453. The van der Waals surface area contributed by atoms with E-state index in [0.717, 1.165) is 67.7 Å². The molecule has 3 rings (SSSR count). The Morgan fingerprint density at radius 1 is 0.645 bits per heavy atom. The molecule has 0 radical (unpaired) electrons. The molecule has 3 nitrogen and oxygen atoms in total. The van der Waals surface area contributed by atoms with Crippen LogP contribution in [0.1, 0.15) is 58.1 Å². The van der Waals surface area contributed by atoms with Gasteiger partial charge in [-0.05, 0) is 94.5 Å². The lowest BCUT2D eigenvalue weighted by Gasteiger charge is -2.21. The number of allylic oxidation sites excluding steroid dienone is 2. The number of benzene rings is 2. The first kappa shape index (κ1) is 22.9. The maximum atomic E-state index is 13.1. The molecule has 1 aliphatic carbocycles. The average molecular weight is 417 g/mol. The number of carbonyl (C=O) groups excluding carboxylic acids is 1. The summed E-state index contributed by atoms with van der Waals surface area (Å²) in [5.41, 5.74) is 6.51. The lowest BCUT2D eigenvalue weighted by molar-refractivity contribution is -0.112. The second-order valence-electron chi connectivity index (χ2n) is 8.05. The van der Waals surface area contributed by atoms with Gasteiger partial charge >= 0.3 is 0 Å². The fourth-order valence-corrected chi connectivity index (χ4v) is 4.32. The van der Waals surface area contributed by atoms with E-state index in [-0.39, 0.29) is 5.78 Å². The Balaban J connectivity index is 1.76. The van der Waals surface area contributed by atoms with Crippen molar-refractivity contribution < 1.29 is 4.79 Å². The summed E-state index contributed by atoms with van der Waals surface area (Å²) >= 11 is 0. The van der Waals surface area contributed by atoms with Gasteiger partial charge in [0, 0.05) is 48.7 Å². The van der Waals surface area contributed by atoms with E-state index in [9.17, 15) is 4.79 Å². The van der Waals surface area contributed by atoms with Crippen LogP contribution in [-0.2, 0) is 4.79 Å². The summed E-state index contributed by atoms with van der Waals surface area (Å²) in [6, 6.07) is 17.1. The summed E-state index contributed by atoms with van der Waals surface area (Å²) in [6.07, 6.45) is 6.89. The molecule has 2 aromatic rings. The molecule has 0 heterocycles. The van der Waals surface area contributed by atoms with Gasteiger partial charge in [0.15, 0.2) is 5.78 Å². The van der Waals surface area contributed by atoms with Crippen molar-refractivity contribution in [3.8, 4) is 0 Å². The summed E-state index contributed by atoms with van der Waals surface area (Å²) in [7, 11) is 0. The van der Waals surface area contributed by atoms with Crippen LogP contribution in [0.2, 0.25) is 0 Å². The maximum absolute atomic E-state index is 13.1. The average Bonchev–Trinajstić information content (AvgIpc) is 2.80. The number of Topliss-reactive ketones (excluding diaryl/α,β-unsaturated/α-hetero) is 1. The van der Waals surface area contributed by atoms with Crippen LogP contribution in [-0.4, -0.2) is 32.0 Å². The van der Waals surface area contributed by atoms with Crippen LogP contribution < -0.4 is 9.80 Å². The molecule has 0 aliphatic heterocycles. The fraction of sp³-hybridized carbons (Fsp3) is 0.393. The van der Waals surface area contributed by atoms with Gasteiger partial charge in [-0.2, -0.15) is 0 Å². The smallest absolute Gasteiger partial charge is 0.185 e. The summed E-state index contributed by atoms with van der Waals surface area (Å²) in [4.78, 5) is 17.8. The standard InChI is InChI=1S/C28H36N2O/c1-5-29(6-2)26-16-12-22(13-17-26)20-24-10-9-11-25(28(24)31)21-23-14-18-27(19-15-23)30(7-3)8-4/h12-21H,5-11H2,1-4H3/b24-20+,25-21+. The first-order chi connectivity index (χ1) is 15.1. The molecule has 1 saturated carbocycles. The molecule has 0 bridgehead atoms. The summed E-state index contributed by atoms with van der Waals surface area (Å²) in [6.45, 7) is 12.7. The SMILES string of the molecule is CCN(CC)c1ccc(/C=C2\CCC/C(=C\c3ccc(N(CC)CC)cc3)C2=O)cc1. The van der Waals surface area contributed by atoms with Gasteiger partial charge in [0.25, 0.3) is 0 Å². The highest BCUT2D eigenvalue weighted by molar-refractivity contribution is 6.14. The van der Waals surface area contributed by atoms with Crippen LogP contribution in [0, 0.1) is 0 Å². The van der Waals surface area contributed by atoms with Gasteiger partial charge in [0.2, 0.25) is 0 Å². The minimum atomic E-state index is 0.201. The Bertz CT molecular complexity index is 839. The zero-order valence-corrected chi connectivity index (χ0v) is 19.5. The van der Waals surface area contributed by atoms with Crippen LogP contribution >= 0.6 is 0 Å². The molecule has 1 fully saturated rings. The molecule has 0 saturated heterocycles. The molecule has 2 aromatic carbocycles. The van der Waals surface area contributed by atoms with E-state index in [2.05, 4.69) is 98.2 Å². The predicted octanol–water partition coefficient (Wildman–Crippen LogP) is 6.60. The number of hydrogen-bond donors (Lipinski definition) is 0. The number of anilines is 2. The highest BCUT2D eigenvalue weighted by Crippen LogP contribution is 2.29. The number of ketones is 1. The molecule has 0 atom stereocenters. The van der Waals surface area contributed by atoms with Crippen molar-refractivity contribution in [2.75, 3.05) is 36.0 Å². The van der Waals surface area contributed by atoms with Crippen LogP contribution in [0.3, 0.4) is 0 Å². The molecule has 31 heavy (non-hydrogen) atoms. The lowest BCUT2D eigenvalue weighted by Crippen LogP contribution is -2.21. The zero-order chi connectivity index (χ0) is 22.2. The second kappa shape index (κ2) is 11.0. The summed E-state index contributed by atoms with van der Waals surface area (Å²) in [5.74, 6) is 0.201. The minimum Gasteiger partial charge on any atom is -0.372 e. The van der Waals surface area contributed by atoms with Gasteiger partial charge in [-0.3, -0.25) is 4.79 Å². The number of rotatable bonds is 8. The van der Waals surface area contributed by atoms with E-state index in [1.54, 1.807) is 0 Å². The maximum Gasteiger partial charge on any atom is 0.185 e. The molecular formula is C28H36N2O. The van der Waals surface area contributed by atoms with E-state index in [0.29, 0.717) is 0 Å². The normalized spacial score (nSPS) is 16.7. The van der Waals surface area contributed by atoms with Gasteiger partial charge in [-0.15, -0.1) is 0 Å². The Labute approximate surface area is 188 Å². The molecule has 0 amide bonds. The first-order valence-electron chi connectivity index (χ1n) is 11.7. The molecule has 164 valence electrons. The molecule has 0 unspecified atom stereocenters. The van der Waals surface area contributed by atoms with Crippen LogP contribution in [0.25, 0.3) is 12.2 Å². The summed E-state index contributed by atoms with van der Waals surface area (Å²) < 4.78 is 0. The topological polar surface area (TPSA) is 23.6 Å². The van der Waals surface area contributed by atoms with Gasteiger partial charge in [0.1, 0.15) is 0 Å². The first-order valence-corrected chi connectivity index (χ1v) is 11.7. The van der Waals surface area contributed by atoms with E-state index < -0.39 is 0 Å². The Hall–Kier alpha value is -2.81. The molecule has 3 heteroatoms. The third kappa shape index (κ3) is 5.66. The highest BCUT2D eigenvalue weighted by Gasteiger charge is 2.20. The van der Waals surface area contributed by atoms with Crippen molar-refractivity contribution in [2.45, 2.75) is 47.0 Å². The number of hydrogen-bond acceptors (Lipinski definition) is 3.